The first kappa shape index (κ1) is 26.0. The van der Waals surface area contributed by atoms with Gasteiger partial charge in [-0.1, -0.05) is 32.9 Å². The van der Waals surface area contributed by atoms with Crippen molar-refractivity contribution in [3.05, 3.63) is 81.6 Å². The van der Waals surface area contributed by atoms with Crippen molar-refractivity contribution in [3.63, 3.8) is 0 Å². The first-order valence-electron chi connectivity index (χ1n) is 10.2. The number of hydrogen-bond donors (Lipinski definition) is 1. The molecule has 1 heterocycles. The molecule has 0 spiro atoms. The van der Waals surface area contributed by atoms with Gasteiger partial charge in [-0.15, -0.1) is 12.4 Å². The number of ether oxygens (including phenoxy) is 1. The average Bonchev–Trinajstić information content (AvgIpc) is 3.16. The highest BCUT2D eigenvalue weighted by Gasteiger charge is 2.34. The van der Waals surface area contributed by atoms with Gasteiger partial charge in [-0.2, -0.15) is 13.2 Å². The zero-order valence-electron chi connectivity index (χ0n) is 18.6. The van der Waals surface area contributed by atoms with Crippen LogP contribution in [0.5, 0.6) is 5.75 Å². The normalized spacial score (nSPS) is 12.0. The van der Waals surface area contributed by atoms with E-state index in [4.69, 9.17) is 4.74 Å². The standard InChI is InChI=1S/C25H21BrF4N2O.ClH/c1-24(2,3)16-6-9-20-21(11-16)32-23(31-20)14-5-8-19(26)22(10-14)33-13-15-4-7-17(27)12-18(15)25(28,29)30;/h4-12H,13H2,1-3H3,(H,31,32);1H. The molecule has 0 bridgehead atoms. The van der Waals surface area contributed by atoms with Crippen molar-refractivity contribution in [2.45, 2.75) is 39.0 Å². The maximum Gasteiger partial charge on any atom is 0.416 e. The minimum Gasteiger partial charge on any atom is -0.488 e. The molecule has 34 heavy (non-hydrogen) atoms. The summed E-state index contributed by atoms with van der Waals surface area (Å²) in [6.07, 6.45) is -4.68. The maximum absolute atomic E-state index is 13.4. The van der Waals surface area contributed by atoms with Crippen LogP contribution in [-0.2, 0) is 18.2 Å². The summed E-state index contributed by atoms with van der Waals surface area (Å²) in [5, 5.41) is 0. The lowest BCUT2D eigenvalue weighted by Gasteiger charge is -2.18. The third-order valence-electron chi connectivity index (χ3n) is 5.31. The fraction of sp³-hybridized carbons (Fsp3) is 0.240. The molecule has 4 aromatic rings. The predicted molar refractivity (Wildman–Crippen MR) is 131 cm³/mol. The van der Waals surface area contributed by atoms with Crippen LogP contribution in [0, 0.1) is 5.82 Å². The van der Waals surface area contributed by atoms with Crippen LogP contribution >= 0.6 is 28.3 Å². The lowest BCUT2D eigenvalue weighted by molar-refractivity contribution is -0.138. The van der Waals surface area contributed by atoms with Crippen molar-refractivity contribution in [2.75, 3.05) is 0 Å². The van der Waals surface area contributed by atoms with Crippen LogP contribution in [0.15, 0.2) is 59.1 Å². The molecule has 0 unspecified atom stereocenters. The Kier molecular flexibility index (Phi) is 7.34. The van der Waals surface area contributed by atoms with Crippen LogP contribution in [-0.4, -0.2) is 9.97 Å². The van der Waals surface area contributed by atoms with E-state index < -0.39 is 17.6 Å². The Balaban J connectivity index is 0.00000324. The van der Waals surface area contributed by atoms with E-state index in [0.29, 0.717) is 22.1 Å². The SMILES string of the molecule is CC(C)(C)c1ccc2nc(-c3ccc(Br)c(OCc4ccc(F)cc4C(F)(F)F)c3)[nH]c2c1.Cl. The molecule has 0 amide bonds. The number of nitrogens with zero attached hydrogens (tertiary/aromatic N) is 1. The zero-order chi connectivity index (χ0) is 24.0. The molecule has 1 aromatic heterocycles. The number of aromatic nitrogens is 2. The summed E-state index contributed by atoms with van der Waals surface area (Å²) in [6, 6.07) is 13.9. The number of alkyl halides is 3. The van der Waals surface area contributed by atoms with E-state index >= 15 is 0 Å². The molecule has 0 saturated carbocycles. The molecule has 9 heteroatoms. The summed E-state index contributed by atoms with van der Waals surface area (Å²) in [7, 11) is 0. The number of H-pyrrole nitrogens is 1. The minimum atomic E-state index is -4.68. The molecule has 0 aliphatic heterocycles. The van der Waals surface area contributed by atoms with Crippen molar-refractivity contribution < 1.29 is 22.3 Å². The number of halogens is 6. The highest BCUT2D eigenvalue weighted by molar-refractivity contribution is 9.10. The number of nitrogens with one attached hydrogen (secondary N) is 1. The Morgan fingerprint density at radius 3 is 2.38 bits per heavy atom. The van der Waals surface area contributed by atoms with Gasteiger partial charge in [0, 0.05) is 11.1 Å². The number of rotatable bonds is 4. The molecule has 0 saturated heterocycles. The third kappa shape index (κ3) is 5.55. The molecule has 0 radical (unpaired) electrons. The smallest absolute Gasteiger partial charge is 0.416 e. The van der Waals surface area contributed by atoms with E-state index in [2.05, 4.69) is 52.7 Å². The number of fused-ring (bicyclic) bond motifs is 1. The first-order chi connectivity index (χ1) is 15.4. The van der Waals surface area contributed by atoms with Crippen molar-refractivity contribution in [2.24, 2.45) is 0 Å². The fourth-order valence-electron chi connectivity index (χ4n) is 3.47. The maximum atomic E-state index is 13.4. The summed E-state index contributed by atoms with van der Waals surface area (Å²) in [5.41, 5.74) is 2.38. The van der Waals surface area contributed by atoms with Crippen molar-refractivity contribution in [1.82, 2.24) is 9.97 Å². The van der Waals surface area contributed by atoms with E-state index in [9.17, 15) is 17.6 Å². The number of benzene rings is 3. The van der Waals surface area contributed by atoms with Gasteiger partial charge in [0.1, 0.15) is 24.0 Å². The van der Waals surface area contributed by atoms with Gasteiger partial charge in [0.25, 0.3) is 0 Å². The highest BCUT2D eigenvalue weighted by atomic mass is 79.9. The van der Waals surface area contributed by atoms with Crippen LogP contribution in [0.25, 0.3) is 22.4 Å². The molecule has 0 fully saturated rings. The first-order valence-corrected chi connectivity index (χ1v) is 11.0. The number of hydrogen-bond acceptors (Lipinski definition) is 2. The van der Waals surface area contributed by atoms with Crippen LogP contribution in [0.3, 0.4) is 0 Å². The Bertz CT molecular complexity index is 1330. The Hall–Kier alpha value is -2.58. The molecule has 180 valence electrons. The fourth-order valence-corrected chi connectivity index (χ4v) is 3.83. The largest absolute Gasteiger partial charge is 0.488 e. The molecule has 0 atom stereocenters. The van der Waals surface area contributed by atoms with Gasteiger partial charge in [-0.25, -0.2) is 9.37 Å². The average molecular weight is 558 g/mol. The molecule has 3 aromatic carbocycles. The topological polar surface area (TPSA) is 37.9 Å². The van der Waals surface area contributed by atoms with Gasteiger partial charge in [0.15, 0.2) is 0 Å². The predicted octanol–water partition coefficient (Wildman–Crippen LogP) is 8.45. The van der Waals surface area contributed by atoms with Crippen LogP contribution < -0.4 is 4.74 Å². The summed E-state index contributed by atoms with van der Waals surface area (Å²) < 4.78 is 59.5. The molecule has 3 nitrogen and oxygen atoms in total. The molecular formula is C25H22BrClF4N2O. The summed E-state index contributed by atoms with van der Waals surface area (Å²) in [4.78, 5) is 7.94. The van der Waals surface area contributed by atoms with Gasteiger partial charge >= 0.3 is 6.18 Å². The molecular weight excluding hydrogens is 536 g/mol. The Morgan fingerprint density at radius 1 is 0.971 bits per heavy atom. The lowest BCUT2D eigenvalue weighted by Crippen LogP contribution is -2.11. The Morgan fingerprint density at radius 2 is 1.71 bits per heavy atom. The summed E-state index contributed by atoms with van der Waals surface area (Å²) in [5.74, 6) is 0.0146. The second kappa shape index (κ2) is 9.58. The van der Waals surface area contributed by atoms with Crippen LogP contribution in [0.2, 0.25) is 0 Å². The Labute approximate surface area is 209 Å². The van der Waals surface area contributed by atoms with E-state index in [1.165, 1.54) is 5.56 Å². The highest BCUT2D eigenvalue weighted by Crippen LogP contribution is 2.35. The second-order valence-electron chi connectivity index (χ2n) is 8.80. The van der Waals surface area contributed by atoms with Gasteiger partial charge < -0.3 is 9.72 Å². The lowest BCUT2D eigenvalue weighted by atomic mass is 9.87. The van der Waals surface area contributed by atoms with E-state index in [1.807, 2.05) is 18.2 Å². The zero-order valence-corrected chi connectivity index (χ0v) is 21.0. The monoisotopic (exact) mass is 556 g/mol. The third-order valence-corrected chi connectivity index (χ3v) is 5.97. The van der Waals surface area contributed by atoms with Crippen molar-refractivity contribution in [3.8, 4) is 17.1 Å². The van der Waals surface area contributed by atoms with Crippen LogP contribution in [0.1, 0.15) is 37.5 Å². The molecule has 0 aliphatic carbocycles. The van der Waals surface area contributed by atoms with Gasteiger partial charge in [-0.05, 0) is 69.4 Å². The number of aromatic amines is 1. The minimum absolute atomic E-state index is 0. The quantitative estimate of drug-likeness (QED) is 0.256. The summed E-state index contributed by atoms with van der Waals surface area (Å²) >= 11 is 3.37. The van der Waals surface area contributed by atoms with E-state index in [-0.39, 0.29) is 30.0 Å². The van der Waals surface area contributed by atoms with Gasteiger partial charge in [0.2, 0.25) is 0 Å². The second-order valence-corrected chi connectivity index (χ2v) is 9.65. The summed E-state index contributed by atoms with van der Waals surface area (Å²) in [6.45, 7) is 6.03. The molecule has 1 N–H and O–H groups in total. The molecule has 0 aliphatic rings. The van der Waals surface area contributed by atoms with Gasteiger partial charge in [0.05, 0.1) is 21.1 Å². The van der Waals surface area contributed by atoms with E-state index in [0.717, 1.165) is 28.7 Å². The van der Waals surface area contributed by atoms with Crippen molar-refractivity contribution >= 4 is 39.4 Å². The van der Waals surface area contributed by atoms with Crippen LogP contribution in [0.4, 0.5) is 17.6 Å². The number of imidazole rings is 1. The van der Waals surface area contributed by atoms with Crippen molar-refractivity contribution in [1.29, 1.82) is 0 Å². The van der Waals surface area contributed by atoms with Gasteiger partial charge in [-0.3, -0.25) is 0 Å². The molecule has 4 rings (SSSR count). The van der Waals surface area contributed by atoms with E-state index in [1.54, 1.807) is 12.1 Å².